The Bertz CT molecular complexity index is 776. The van der Waals surface area contributed by atoms with Gasteiger partial charge in [-0.15, -0.1) is 0 Å². The zero-order valence-corrected chi connectivity index (χ0v) is 12.2. The van der Waals surface area contributed by atoms with Crippen LogP contribution in [0.25, 0.3) is 11.0 Å². The zero-order chi connectivity index (χ0) is 14.3. The predicted molar refractivity (Wildman–Crippen MR) is 83.2 cm³/mol. The summed E-state index contributed by atoms with van der Waals surface area (Å²) in [5, 5.41) is 1.68. The first-order valence-corrected chi connectivity index (χ1v) is 6.95. The second-order valence-corrected chi connectivity index (χ2v) is 5.53. The van der Waals surface area contributed by atoms with Crippen LogP contribution in [-0.2, 0) is 0 Å². The van der Waals surface area contributed by atoms with E-state index in [-0.39, 0.29) is 6.04 Å². The number of halogens is 1. The topological polar surface area (TPSA) is 39.2 Å². The third-order valence-electron chi connectivity index (χ3n) is 3.79. The van der Waals surface area contributed by atoms with Crippen molar-refractivity contribution in [2.45, 2.75) is 19.9 Å². The number of rotatable bonds is 2. The molecule has 0 spiro atoms. The molecule has 0 bridgehead atoms. The minimum Gasteiger partial charge on any atom is -0.459 e. The number of nitrogens with two attached hydrogens (primary N) is 1. The van der Waals surface area contributed by atoms with E-state index in [1.165, 1.54) is 11.1 Å². The molecule has 3 rings (SSSR count). The fraction of sp³-hybridized carbons (Fsp3) is 0.176. The van der Waals surface area contributed by atoms with E-state index in [1.54, 1.807) is 0 Å². The molecule has 0 aliphatic carbocycles. The van der Waals surface area contributed by atoms with Crippen LogP contribution < -0.4 is 5.73 Å². The summed E-state index contributed by atoms with van der Waals surface area (Å²) < 4.78 is 5.85. The predicted octanol–water partition coefficient (Wildman–Crippen LogP) is 4.75. The molecule has 0 aliphatic rings. The van der Waals surface area contributed by atoms with Gasteiger partial charge < -0.3 is 10.2 Å². The van der Waals surface area contributed by atoms with Crippen molar-refractivity contribution in [2.75, 3.05) is 0 Å². The quantitative estimate of drug-likeness (QED) is 0.738. The number of hydrogen-bond acceptors (Lipinski definition) is 2. The molecule has 3 aromatic rings. The summed E-state index contributed by atoms with van der Waals surface area (Å²) in [7, 11) is 0. The molecular formula is C17H16ClNO. The molecule has 2 nitrogen and oxygen atoms in total. The minimum absolute atomic E-state index is 0.263. The molecule has 1 unspecified atom stereocenters. The second kappa shape index (κ2) is 4.97. The first-order chi connectivity index (χ1) is 9.56. The van der Waals surface area contributed by atoms with Crippen LogP contribution in [0.15, 0.2) is 46.9 Å². The lowest BCUT2D eigenvalue weighted by Crippen LogP contribution is -2.12. The van der Waals surface area contributed by atoms with Crippen LogP contribution in [0.1, 0.15) is 28.5 Å². The van der Waals surface area contributed by atoms with Gasteiger partial charge in [0.05, 0.1) is 6.04 Å². The van der Waals surface area contributed by atoms with Gasteiger partial charge in [0.25, 0.3) is 0 Å². The maximum absolute atomic E-state index is 6.36. The van der Waals surface area contributed by atoms with Gasteiger partial charge in [0.15, 0.2) is 0 Å². The van der Waals surface area contributed by atoms with Crippen LogP contribution in [0.4, 0.5) is 0 Å². The number of fused-ring (bicyclic) bond motifs is 1. The number of aryl methyl sites for hydroxylation is 1. The van der Waals surface area contributed by atoms with Gasteiger partial charge in [-0.1, -0.05) is 29.8 Å². The smallest absolute Gasteiger partial charge is 0.134 e. The molecule has 0 saturated heterocycles. The van der Waals surface area contributed by atoms with Crippen molar-refractivity contribution in [1.82, 2.24) is 0 Å². The second-order valence-electron chi connectivity index (χ2n) is 5.10. The van der Waals surface area contributed by atoms with Crippen molar-refractivity contribution in [1.29, 1.82) is 0 Å². The van der Waals surface area contributed by atoms with E-state index in [0.717, 1.165) is 22.3 Å². The molecule has 1 heterocycles. The molecule has 1 atom stereocenters. The van der Waals surface area contributed by atoms with Gasteiger partial charge in [-0.25, -0.2) is 0 Å². The molecule has 2 N–H and O–H groups in total. The summed E-state index contributed by atoms with van der Waals surface area (Å²) in [6, 6.07) is 13.4. The summed E-state index contributed by atoms with van der Waals surface area (Å²) in [5.74, 6) is 0.760. The Balaban J connectivity index is 2.08. The monoisotopic (exact) mass is 285 g/mol. The Morgan fingerprint density at radius 2 is 1.90 bits per heavy atom. The molecule has 2 aromatic carbocycles. The van der Waals surface area contributed by atoms with Gasteiger partial charge in [0.2, 0.25) is 0 Å². The molecule has 0 aliphatic heterocycles. The van der Waals surface area contributed by atoms with E-state index < -0.39 is 0 Å². The van der Waals surface area contributed by atoms with Crippen molar-refractivity contribution in [3.05, 3.63) is 69.9 Å². The maximum atomic E-state index is 6.36. The van der Waals surface area contributed by atoms with Crippen LogP contribution in [0, 0.1) is 13.8 Å². The summed E-state index contributed by atoms with van der Waals surface area (Å²) in [4.78, 5) is 0. The van der Waals surface area contributed by atoms with E-state index in [1.807, 2.05) is 36.4 Å². The molecular weight excluding hydrogens is 270 g/mol. The molecule has 3 heteroatoms. The van der Waals surface area contributed by atoms with Gasteiger partial charge in [-0.2, -0.15) is 0 Å². The zero-order valence-electron chi connectivity index (χ0n) is 11.5. The van der Waals surface area contributed by atoms with Gasteiger partial charge in [-0.3, -0.25) is 0 Å². The standard InChI is InChI=1S/C17H16ClNO/c1-10-4-3-5-14(11(10)2)17(19)16-9-12-8-13(18)6-7-15(12)20-16/h3-9,17H,19H2,1-2H3. The van der Waals surface area contributed by atoms with Gasteiger partial charge >= 0.3 is 0 Å². The lowest BCUT2D eigenvalue weighted by atomic mass is 9.96. The fourth-order valence-corrected chi connectivity index (χ4v) is 2.63. The third kappa shape index (κ3) is 2.21. The van der Waals surface area contributed by atoms with E-state index in [4.69, 9.17) is 21.8 Å². The van der Waals surface area contributed by atoms with E-state index in [0.29, 0.717) is 5.02 Å². The highest BCUT2D eigenvalue weighted by Crippen LogP contribution is 2.30. The summed E-state index contributed by atoms with van der Waals surface area (Å²) in [6.07, 6.45) is 0. The Morgan fingerprint density at radius 1 is 1.10 bits per heavy atom. The normalized spacial score (nSPS) is 12.8. The van der Waals surface area contributed by atoms with Crippen LogP contribution in [-0.4, -0.2) is 0 Å². The average molecular weight is 286 g/mol. The third-order valence-corrected chi connectivity index (χ3v) is 4.02. The maximum Gasteiger partial charge on any atom is 0.134 e. The number of hydrogen-bond donors (Lipinski definition) is 1. The van der Waals surface area contributed by atoms with Gasteiger partial charge in [0.1, 0.15) is 11.3 Å². The number of furan rings is 1. The highest BCUT2D eigenvalue weighted by atomic mass is 35.5. The fourth-order valence-electron chi connectivity index (χ4n) is 2.45. The minimum atomic E-state index is -0.263. The molecule has 20 heavy (non-hydrogen) atoms. The summed E-state index contributed by atoms with van der Waals surface area (Å²) in [6.45, 7) is 4.17. The van der Waals surface area contributed by atoms with Crippen LogP contribution in [0.2, 0.25) is 5.02 Å². The molecule has 0 fully saturated rings. The Morgan fingerprint density at radius 3 is 2.70 bits per heavy atom. The first-order valence-electron chi connectivity index (χ1n) is 6.57. The van der Waals surface area contributed by atoms with E-state index >= 15 is 0 Å². The van der Waals surface area contributed by atoms with Crippen molar-refractivity contribution in [3.8, 4) is 0 Å². The molecule has 1 aromatic heterocycles. The number of benzene rings is 2. The van der Waals surface area contributed by atoms with Crippen molar-refractivity contribution in [3.63, 3.8) is 0 Å². The highest BCUT2D eigenvalue weighted by molar-refractivity contribution is 6.31. The Kier molecular flexibility index (Phi) is 3.28. The first kappa shape index (κ1) is 13.2. The largest absolute Gasteiger partial charge is 0.459 e. The van der Waals surface area contributed by atoms with Crippen LogP contribution >= 0.6 is 11.6 Å². The molecule has 0 saturated carbocycles. The van der Waals surface area contributed by atoms with Crippen molar-refractivity contribution in [2.24, 2.45) is 5.73 Å². The van der Waals surface area contributed by atoms with E-state index in [2.05, 4.69) is 19.9 Å². The Hall–Kier alpha value is -1.77. The van der Waals surface area contributed by atoms with Crippen LogP contribution in [0.5, 0.6) is 0 Å². The highest BCUT2D eigenvalue weighted by Gasteiger charge is 2.16. The van der Waals surface area contributed by atoms with Gasteiger partial charge in [-0.05, 0) is 54.8 Å². The lowest BCUT2D eigenvalue weighted by Gasteiger charge is -2.14. The summed E-state index contributed by atoms with van der Waals surface area (Å²) in [5.41, 5.74) is 10.7. The van der Waals surface area contributed by atoms with E-state index in [9.17, 15) is 0 Å². The molecule has 102 valence electrons. The average Bonchev–Trinajstić information content (AvgIpc) is 2.84. The molecule has 0 amide bonds. The SMILES string of the molecule is Cc1cccc(C(N)c2cc3cc(Cl)ccc3o2)c1C. The van der Waals surface area contributed by atoms with Gasteiger partial charge in [0, 0.05) is 10.4 Å². The summed E-state index contributed by atoms with van der Waals surface area (Å²) >= 11 is 6.00. The lowest BCUT2D eigenvalue weighted by molar-refractivity contribution is 0.524. The van der Waals surface area contributed by atoms with Crippen molar-refractivity contribution >= 4 is 22.6 Å². The van der Waals surface area contributed by atoms with Crippen molar-refractivity contribution < 1.29 is 4.42 Å². The van der Waals surface area contributed by atoms with Crippen LogP contribution in [0.3, 0.4) is 0 Å². The molecule has 0 radical (unpaired) electrons. The Labute approximate surface area is 123 Å².